The van der Waals surface area contributed by atoms with Gasteiger partial charge >= 0.3 is 6.09 Å². The Balaban J connectivity index is 3.12. The maximum absolute atomic E-state index is 11.4. The summed E-state index contributed by atoms with van der Waals surface area (Å²) in [5.74, 6) is 0. The van der Waals surface area contributed by atoms with Crippen LogP contribution in [0.15, 0.2) is 0 Å². The van der Waals surface area contributed by atoms with Crippen LogP contribution >= 0.6 is 0 Å². The number of hydrogen-bond acceptors (Lipinski definition) is 2. The van der Waals surface area contributed by atoms with Crippen LogP contribution in [0, 0.1) is 0 Å². The summed E-state index contributed by atoms with van der Waals surface area (Å²) < 4.78 is -0.0336. The van der Waals surface area contributed by atoms with E-state index >= 15 is 0 Å². The molecule has 1 heterocycles. The van der Waals surface area contributed by atoms with Crippen molar-refractivity contribution in [3.05, 3.63) is 0 Å². The van der Waals surface area contributed by atoms with Crippen LogP contribution in [0.5, 0.6) is 0 Å². The van der Waals surface area contributed by atoms with Gasteiger partial charge in [0, 0.05) is 6.42 Å². The van der Waals surface area contributed by atoms with Crippen molar-refractivity contribution in [3.8, 4) is 0 Å². The number of carboxylic acid groups (broad SMARTS) is 1. The summed E-state index contributed by atoms with van der Waals surface area (Å²) in [7, 11) is 0. The van der Waals surface area contributed by atoms with E-state index in [0.717, 1.165) is 0 Å². The van der Waals surface area contributed by atoms with Crippen LogP contribution in [0.3, 0.4) is 0 Å². The highest BCUT2D eigenvalue weighted by Gasteiger charge is 2.57. The molecule has 1 unspecified atom stereocenters. The Morgan fingerprint density at radius 2 is 1.93 bits per heavy atom. The third-order valence-electron chi connectivity index (χ3n) is 3.40. The van der Waals surface area contributed by atoms with Crippen molar-refractivity contribution in [2.75, 3.05) is 6.54 Å². The smallest absolute Gasteiger partial charge is 0.435 e. The van der Waals surface area contributed by atoms with Gasteiger partial charge in [-0.05, 0) is 27.7 Å². The van der Waals surface area contributed by atoms with Gasteiger partial charge in [-0.15, -0.1) is 0 Å². The lowest BCUT2D eigenvalue weighted by Gasteiger charge is -2.43. The standard InChI is InChI=1S/C10H19NO3/c1-7-5-8(12)6-11(7,9(13)14)10(2,3)4/h7-8,12H,5-6H2,1-4H3/p+1/t7-,8-,11?/m0/s1. The summed E-state index contributed by atoms with van der Waals surface area (Å²) >= 11 is 0. The van der Waals surface area contributed by atoms with Crippen LogP contribution < -0.4 is 0 Å². The van der Waals surface area contributed by atoms with E-state index in [0.29, 0.717) is 13.0 Å². The molecule has 3 atom stereocenters. The van der Waals surface area contributed by atoms with Crippen molar-refractivity contribution in [1.29, 1.82) is 0 Å². The van der Waals surface area contributed by atoms with Crippen LogP contribution in [-0.4, -0.2) is 45.0 Å². The minimum Gasteiger partial charge on any atom is -0.435 e. The molecule has 0 aromatic carbocycles. The molecule has 0 radical (unpaired) electrons. The van der Waals surface area contributed by atoms with E-state index in [1.807, 2.05) is 27.7 Å². The van der Waals surface area contributed by atoms with Gasteiger partial charge < -0.3 is 10.2 Å². The lowest BCUT2D eigenvalue weighted by Crippen LogP contribution is -2.65. The van der Waals surface area contributed by atoms with Crippen molar-refractivity contribution in [2.24, 2.45) is 0 Å². The van der Waals surface area contributed by atoms with E-state index in [1.54, 1.807) is 0 Å². The van der Waals surface area contributed by atoms with Gasteiger partial charge in [-0.1, -0.05) is 0 Å². The molecule has 14 heavy (non-hydrogen) atoms. The fraction of sp³-hybridized carbons (Fsp3) is 0.900. The van der Waals surface area contributed by atoms with Gasteiger partial charge in [-0.25, -0.2) is 4.48 Å². The second-order valence-electron chi connectivity index (χ2n) is 5.24. The molecule has 1 aliphatic rings. The number of likely N-dealkylation sites (tertiary alicyclic amines) is 1. The quantitative estimate of drug-likeness (QED) is 0.584. The Morgan fingerprint density at radius 3 is 2.07 bits per heavy atom. The average molecular weight is 202 g/mol. The van der Waals surface area contributed by atoms with Gasteiger partial charge in [0.25, 0.3) is 0 Å². The number of quaternary nitrogens is 1. The first-order valence-corrected chi connectivity index (χ1v) is 5.01. The zero-order valence-corrected chi connectivity index (χ0v) is 9.32. The van der Waals surface area contributed by atoms with Crippen molar-refractivity contribution in [1.82, 2.24) is 0 Å². The second kappa shape index (κ2) is 3.21. The molecule has 0 spiro atoms. The van der Waals surface area contributed by atoms with E-state index in [-0.39, 0.29) is 16.1 Å². The van der Waals surface area contributed by atoms with Gasteiger partial charge in [-0.3, -0.25) is 0 Å². The Hall–Kier alpha value is -0.610. The highest BCUT2D eigenvalue weighted by molar-refractivity contribution is 5.58. The molecule has 2 N–H and O–H groups in total. The molecule has 1 fully saturated rings. The van der Waals surface area contributed by atoms with Crippen LogP contribution in [0.1, 0.15) is 34.1 Å². The first-order valence-electron chi connectivity index (χ1n) is 5.01. The fourth-order valence-electron chi connectivity index (χ4n) is 2.65. The topological polar surface area (TPSA) is 57.5 Å². The molecule has 0 bridgehead atoms. The molecule has 4 nitrogen and oxygen atoms in total. The Morgan fingerprint density at radius 1 is 1.43 bits per heavy atom. The molecule has 4 heteroatoms. The largest absolute Gasteiger partial charge is 0.514 e. The number of aliphatic hydroxyl groups excluding tert-OH is 1. The monoisotopic (exact) mass is 202 g/mol. The van der Waals surface area contributed by atoms with Crippen molar-refractivity contribution < 1.29 is 19.5 Å². The summed E-state index contributed by atoms with van der Waals surface area (Å²) in [5, 5.41) is 18.9. The normalized spacial score (nSPS) is 38.6. The zero-order valence-electron chi connectivity index (χ0n) is 9.32. The number of carbonyl (C=O) groups is 1. The van der Waals surface area contributed by atoms with Crippen molar-refractivity contribution >= 4 is 6.09 Å². The van der Waals surface area contributed by atoms with Gasteiger partial charge in [0.2, 0.25) is 0 Å². The lowest BCUT2D eigenvalue weighted by atomic mass is 10.0. The van der Waals surface area contributed by atoms with Crippen molar-refractivity contribution in [2.45, 2.75) is 51.8 Å². The first kappa shape index (κ1) is 11.5. The van der Waals surface area contributed by atoms with E-state index in [9.17, 15) is 15.0 Å². The predicted molar refractivity (Wildman–Crippen MR) is 53.0 cm³/mol. The number of aliphatic hydroxyl groups is 1. The number of rotatable bonds is 0. The number of hydrogen-bond donors (Lipinski definition) is 2. The Labute approximate surface area is 84.7 Å². The van der Waals surface area contributed by atoms with Crippen molar-refractivity contribution in [3.63, 3.8) is 0 Å². The molecule has 1 aliphatic heterocycles. The minimum atomic E-state index is -0.832. The fourth-order valence-corrected chi connectivity index (χ4v) is 2.65. The third kappa shape index (κ3) is 1.42. The molecule has 0 aromatic rings. The summed E-state index contributed by atoms with van der Waals surface area (Å²) in [5.41, 5.74) is -0.372. The number of nitrogens with zero attached hydrogens (tertiary/aromatic N) is 1. The molecule has 0 saturated carbocycles. The highest BCUT2D eigenvalue weighted by Crippen LogP contribution is 2.36. The molecule has 1 amide bonds. The summed E-state index contributed by atoms with van der Waals surface area (Å²) in [4.78, 5) is 11.4. The number of amides is 1. The lowest BCUT2D eigenvalue weighted by molar-refractivity contribution is -0.913. The van der Waals surface area contributed by atoms with Gasteiger partial charge in [0.1, 0.15) is 18.2 Å². The summed E-state index contributed by atoms with van der Waals surface area (Å²) in [6.07, 6.45) is -0.745. The second-order valence-corrected chi connectivity index (χ2v) is 5.24. The first-order chi connectivity index (χ1) is 6.22. The van der Waals surface area contributed by atoms with E-state index in [4.69, 9.17) is 0 Å². The summed E-state index contributed by atoms with van der Waals surface area (Å²) in [6.45, 7) is 7.95. The van der Waals surface area contributed by atoms with Crippen LogP contribution in [0.4, 0.5) is 4.79 Å². The van der Waals surface area contributed by atoms with Crippen LogP contribution in [0.25, 0.3) is 0 Å². The third-order valence-corrected chi connectivity index (χ3v) is 3.40. The van der Waals surface area contributed by atoms with Gasteiger partial charge in [0.15, 0.2) is 0 Å². The highest BCUT2D eigenvalue weighted by atomic mass is 16.4. The summed E-state index contributed by atoms with van der Waals surface area (Å²) in [6, 6.07) is -0.0255. The molecule has 0 aliphatic carbocycles. The molecular formula is C10H20NO3+. The van der Waals surface area contributed by atoms with Gasteiger partial charge in [0.05, 0.1) is 6.04 Å². The van der Waals surface area contributed by atoms with Gasteiger partial charge in [-0.2, -0.15) is 4.79 Å². The maximum atomic E-state index is 11.4. The molecular weight excluding hydrogens is 182 g/mol. The maximum Gasteiger partial charge on any atom is 0.514 e. The molecule has 1 rings (SSSR count). The Bertz CT molecular complexity index is 246. The zero-order chi connectivity index (χ0) is 11.1. The van der Waals surface area contributed by atoms with Crippen LogP contribution in [0.2, 0.25) is 0 Å². The minimum absolute atomic E-state index is 0.0255. The Kier molecular flexibility index (Phi) is 2.63. The van der Waals surface area contributed by atoms with E-state index in [1.165, 1.54) is 0 Å². The molecule has 0 aromatic heterocycles. The molecule has 82 valence electrons. The van der Waals surface area contributed by atoms with E-state index < -0.39 is 12.2 Å². The SMILES string of the molecule is C[C@H]1C[C@H](O)C[N+]1(C(=O)O)C(C)(C)C. The molecule has 1 saturated heterocycles. The van der Waals surface area contributed by atoms with Crippen LogP contribution in [-0.2, 0) is 0 Å². The average Bonchev–Trinajstić information content (AvgIpc) is 2.24. The van der Waals surface area contributed by atoms with E-state index in [2.05, 4.69) is 0 Å². The predicted octanol–water partition coefficient (Wildman–Crippen LogP) is 1.43.